The van der Waals surface area contributed by atoms with Crippen LogP contribution in [0.1, 0.15) is 32.3 Å². The van der Waals surface area contributed by atoms with Crippen molar-refractivity contribution in [3.63, 3.8) is 0 Å². The van der Waals surface area contributed by atoms with Crippen molar-refractivity contribution in [2.75, 3.05) is 31.1 Å². The van der Waals surface area contributed by atoms with Crippen LogP contribution in [0.25, 0.3) is 11.1 Å². The Hall–Kier alpha value is -4.15. The summed E-state index contributed by atoms with van der Waals surface area (Å²) in [5, 5.41) is 12.3. The summed E-state index contributed by atoms with van der Waals surface area (Å²) in [6.07, 6.45) is 3.37. The Morgan fingerprint density at radius 2 is 1.55 bits per heavy atom. The number of anilines is 1. The molecular formula is C31H38N6O. The number of aliphatic imine (C=N–C) groups is 1. The standard InChI is InChI=1S/C31H38N6O/c1-3-36(4-2)22-21-34-30(38)20-19-29(23-25-11-7-5-8-12-25)37(31(33)35-24-32)28-17-15-27(16-18-28)26-13-9-6-10-14-26/h5-18,29H,3-4,19-23H2,1-2H3,(H2,33,35)(H,34,38)/t29-/m1/s1. The number of likely N-dealkylation sites (N-methyl/N-ethyl adjacent to an activating group) is 1. The Morgan fingerprint density at radius 1 is 0.947 bits per heavy atom. The third-order valence-electron chi connectivity index (χ3n) is 6.69. The molecule has 3 aromatic rings. The van der Waals surface area contributed by atoms with Gasteiger partial charge in [0, 0.05) is 31.2 Å². The summed E-state index contributed by atoms with van der Waals surface area (Å²) in [6, 6.07) is 28.1. The highest BCUT2D eigenvalue weighted by Crippen LogP contribution is 2.26. The van der Waals surface area contributed by atoms with Gasteiger partial charge in [0.2, 0.25) is 18.1 Å². The molecule has 3 rings (SSSR count). The van der Waals surface area contributed by atoms with E-state index in [0.717, 1.165) is 42.0 Å². The maximum atomic E-state index is 12.8. The average molecular weight is 511 g/mol. The van der Waals surface area contributed by atoms with Crippen LogP contribution in [0.5, 0.6) is 0 Å². The number of nitrogens with one attached hydrogen (secondary N) is 1. The lowest BCUT2D eigenvalue weighted by Gasteiger charge is -2.33. The fourth-order valence-corrected chi connectivity index (χ4v) is 4.57. The van der Waals surface area contributed by atoms with Crippen molar-refractivity contribution in [1.29, 1.82) is 5.26 Å². The van der Waals surface area contributed by atoms with Crippen LogP contribution in [0.4, 0.5) is 5.69 Å². The largest absolute Gasteiger partial charge is 0.369 e. The van der Waals surface area contributed by atoms with Gasteiger partial charge in [-0.2, -0.15) is 5.26 Å². The fraction of sp³-hybridized carbons (Fsp3) is 0.323. The van der Waals surface area contributed by atoms with Crippen molar-refractivity contribution in [1.82, 2.24) is 10.2 Å². The highest BCUT2D eigenvalue weighted by Gasteiger charge is 2.24. The summed E-state index contributed by atoms with van der Waals surface area (Å²) in [5.41, 5.74) is 10.5. The number of nitriles is 1. The Bertz CT molecular complexity index is 1180. The van der Waals surface area contributed by atoms with E-state index in [0.29, 0.717) is 25.8 Å². The number of hydrogen-bond donors (Lipinski definition) is 2. The number of benzene rings is 3. The van der Waals surface area contributed by atoms with Crippen molar-refractivity contribution in [3.8, 4) is 17.3 Å². The van der Waals surface area contributed by atoms with E-state index in [1.54, 1.807) is 0 Å². The second-order valence-corrected chi connectivity index (χ2v) is 9.11. The van der Waals surface area contributed by atoms with E-state index in [2.05, 4.69) is 53.3 Å². The number of hydrogen-bond acceptors (Lipinski definition) is 4. The lowest BCUT2D eigenvalue weighted by atomic mass is 9.98. The number of amides is 1. The molecule has 0 aromatic heterocycles. The number of rotatable bonds is 13. The molecule has 7 heteroatoms. The van der Waals surface area contributed by atoms with Gasteiger partial charge in [-0.1, -0.05) is 86.6 Å². The maximum absolute atomic E-state index is 12.8. The highest BCUT2D eigenvalue weighted by molar-refractivity contribution is 5.96. The van der Waals surface area contributed by atoms with Crippen LogP contribution in [0.3, 0.4) is 0 Å². The molecule has 38 heavy (non-hydrogen) atoms. The molecule has 3 aromatic carbocycles. The molecule has 0 aliphatic carbocycles. The summed E-state index contributed by atoms with van der Waals surface area (Å²) in [4.78, 5) is 20.8. The van der Waals surface area contributed by atoms with Crippen LogP contribution in [0.2, 0.25) is 0 Å². The summed E-state index contributed by atoms with van der Waals surface area (Å²) in [6.45, 7) is 7.60. The van der Waals surface area contributed by atoms with Gasteiger partial charge < -0.3 is 20.9 Å². The molecule has 1 atom stereocenters. The summed E-state index contributed by atoms with van der Waals surface area (Å²) in [7, 11) is 0. The molecule has 0 bridgehead atoms. The number of carbonyl (C=O) groups is 1. The van der Waals surface area contributed by atoms with Gasteiger partial charge in [0.15, 0.2) is 0 Å². The molecule has 0 unspecified atom stereocenters. The molecule has 0 radical (unpaired) electrons. The molecule has 0 aliphatic heterocycles. The van der Waals surface area contributed by atoms with Crippen LogP contribution in [0.15, 0.2) is 89.9 Å². The Balaban J connectivity index is 1.83. The molecule has 0 spiro atoms. The van der Waals surface area contributed by atoms with Gasteiger partial charge in [-0.15, -0.1) is 4.99 Å². The highest BCUT2D eigenvalue weighted by atomic mass is 16.1. The second kappa shape index (κ2) is 15.2. The molecule has 0 heterocycles. The monoisotopic (exact) mass is 510 g/mol. The maximum Gasteiger partial charge on any atom is 0.220 e. The van der Waals surface area contributed by atoms with Crippen molar-refractivity contribution >= 4 is 17.6 Å². The van der Waals surface area contributed by atoms with Crippen molar-refractivity contribution in [3.05, 3.63) is 90.5 Å². The lowest BCUT2D eigenvalue weighted by Crippen LogP contribution is -2.46. The summed E-state index contributed by atoms with van der Waals surface area (Å²) < 4.78 is 0. The van der Waals surface area contributed by atoms with Crippen LogP contribution < -0.4 is 16.0 Å². The summed E-state index contributed by atoms with van der Waals surface area (Å²) in [5.74, 6) is 0.119. The van der Waals surface area contributed by atoms with Gasteiger partial charge in [0.25, 0.3) is 0 Å². The topological polar surface area (TPSA) is 97.8 Å². The minimum absolute atomic E-state index is 0.00499. The molecule has 7 nitrogen and oxygen atoms in total. The number of carbonyl (C=O) groups excluding carboxylic acids is 1. The third-order valence-corrected chi connectivity index (χ3v) is 6.69. The van der Waals surface area contributed by atoms with Crippen LogP contribution in [-0.4, -0.2) is 49.0 Å². The van der Waals surface area contributed by atoms with Crippen LogP contribution >= 0.6 is 0 Å². The Labute approximate surface area is 226 Å². The van der Waals surface area contributed by atoms with Gasteiger partial charge in [0.1, 0.15) is 0 Å². The molecule has 1 amide bonds. The van der Waals surface area contributed by atoms with E-state index in [1.165, 1.54) is 0 Å². The third kappa shape index (κ3) is 8.46. The normalized spacial score (nSPS) is 12.1. The van der Waals surface area contributed by atoms with Crippen molar-refractivity contribution in [2.45, 2.75) is 39.2 Å². The molecule has 0 saturated heterocycles. The number of nitrogens with zero attached hydrogens (tertiary/aromatic N) is 4. The SMILES string of the molecule is CCN(CC)CCNC(=O)CC[C@H](Cc1ccccc1)N(C(N)=NC#N)c1ccc(-c2ccccc2)cc1. The first-order valence-corrected chi connectivity index (χ1v) is 13.3. The van der Waals surface area contributed by atoms with Gasteiger partial charge in [-0.3, -0.25) is 4.79 Å². The van der Waals surface area contributed by atoms with E-state index in [9.17, 15) is 10.1 Å². The molecule has 3 N–H and O–H groups in total. The minimum atomic E-state index is -0.175. The van der Waals surface area contributed by atoms with E-state index >= 15 is 0 Å². The quantitative estimate of drug-likeness (QED) is 0.195. The zero-order chi connectivity index (χ0) is 27.2. The molecular weight excluding hydrogens is 472 g/mol. The van der Waals surface area contributed by atoms with E-state index in [-0.39, 0.29) is 17.9 Å². The fourth-order valence-electron chi connectivity index (χ4n) is 4.57. The molecule has 198 valence electrons. The van der Waals surface area contributed by atoms with Gasteiger partial charge in [-0.05, 0) is 54.8 Å². The first-order valence-electron chi connectivity index (χ1n) is 13.3. The first kappa shape index (κ1) is 28.4. The van der Waals surface area contributed by atoms with Gasteiger partial charge in [0.05, 0.1) is 0 Å². The lowest BCUT2D eigenvalue weighted by molar-refractivity contribution is -0.121. The zero-order valence-corrected chi connectivity index (χ0v) is 22.4. The zero-order valence-electron chi connectivity index (χ0n) is 22.4. The smallest absolute Gasteiger partial charge is 0.220 e. The second-order valence-electron chi connectivity index (χ2n) is 9.11. The number of guanidine groups is 1. The summed E-state index contributed by atoms with van der Waals surface area (Å²) >= 11 is 0. The number of nitrogens with two attached hydrogens (primary N) is 1. The van der Waals surface area contributed by atoms with Crippen LogP contribution in [0, 0.1) is 11.5 Å². The predicted molar refractivity (Wildman–Crippen MR) is 156 cm³/mol. The van der Waals surface area contributed by atoms with E-state index in [4.69, 9.17) is 5.73 Å². The molecule has 0 aliphatic rings. The average Bonchev–Trinajstić information content (AvgIpc) is 2.95. The van der Waals surface area contributed by atoms with E-state index < -0.39 is 0 Å². The van der Waals surface area contributed by atoms with Crippen molar-refractivity contribution < 1.29 is 4.79 Å². The Kier molecular flexibility index (Phi) is 11.4. The molecule has 0 fully saturated rings. The van der Waals surface area contributed by atoms with Crippen molar-refractivity contribution in [2.24, 2.45) is 10.7 Å². The van der Waals surface area contributed by atoms with Gasteiger partial charge in [-0.25, -0.2) is 0 Å². The molecule has 0 saturated carbocycles. The Morgan fingerprint density at radius 3 is 2.16 bits per heavy atom. The predicted octanol–water partition coefficient (Wildman–Crippen LogP) is 4.81. The van der Waals surface area contributed by atoms with E-state index in [1.807, 2.05) is 71.8 Å². The van der Waals surface area contributed by atoms with Gasteiger partial charge >= 0.3 is 0 Å². The minimum Gasteiger partial charge on any atom is -0.369 e. The van der Waals surface area contributed by atoms with Crippen LogP contribution in [-0.2, 0) is 11.2 Å². The first-order chi connectivity index (χ1) is 18.5.